The lowest BCUT2D eigenvalue weighted by Gasteiger charge is -2.33. The molecule has 3 rings (SSSR count). The van der Waals surface area contributed by atoms with Crippen LogP contribution in [0.4, 0.5) is 5.82 Å². The zero-order valence-electron chi connectivity index (χ0n) is 13.6. The number of nitrogens with zero attached hydrogens (tertiary/aromatic N) is 3. The highest BCUT2D eigenvalue weighted by Gasteiger charge is 2.25. The minimum absolute atomic E-state index is 0.101. The zero-order chi connectivity index (χ0) is 16.2. The molecule has 2 aromatic rings. The summed E-state index contributed by atoms with van der Waals surface area (Å²) in [6.07, 6.45) is 3.80. The fourth-order valence-corrected chi connectivity index (χ4v) is 2.91. The van der Waals surface area contributed by atoms with Crippen molar-refractivity contribution in [3.8, 4) is 0 Å². The molecule has 1 aliphatic rings. The summed E-state index contributed by atoms with van der Waals surface area (Å²) in [5.41, 5.74) is 2.54. The first-order valence-corrected chi connectivity index (χ1v) is 8.04. The van der Waals surface area contributed by atoms with E-state index in [0.29, 0.717) is 6.54 Å². The van der Waals surface area contributed by atoms with E-state index in [2.05, 4.69) is 15.3 Å². The van der Waals surface area contributed by atoms with E-state index >= 15 is 0 Å². The lowest BCUT2D eigenvalue weighted by Crippen LogP contribution is -2.45. The Bertz CT molecular complexity index is 687. The third-order valence-electron chi connectivity index (χ3n) is 4.15. The van der Waals surface area contributed by atoms with Gasteiger partial charge in [0.1, 0.15) is 5.82 Å². The fourth-order valence-electron chi connectivity index (χ4n) is 2.91. The molecule has 0 aliphatic carbocycles. The Morgan fingerprint density at radius 3 is 2.83 bits per heavy atom. The second kappa shape index (κ2) is 6.77. The standard InChI is InChI=1S/C18H22N4O/c1-13-11-19-14(2)17(20-13)21-16-9-6-10-22(12-16)18(23)15-7-4-3-5-8-15/h3-5,7-8,11,16H,6,9-10,12H2,1-2H3,(H,20,21). The molecule has 1 atom stereocenters. The summed E-state index contributed by atoms with van der Waals surface area (Å²) in [5.74, 6) is 0.924. The molecule has 0 saturated carbocycles. The Morgan fingerprint density at radius 1 is 1.26 bits per heavy atom. The fraction of sp³-hybridized carbons (Fsp3) is 0.389. The number of piperidine rings is 1. The van der Waals surface area contributed by atoms with Gasteiger partial charge in [0, 0.05) is 30.9 Å². The van der Waals surface area contributed by atoms with Crippen molar-refractivity contribution in [2.75, 3.05) is 18.4 Å². The van der Waals surface area contributed by atoms with E-state index in [9.17, 15) is 4.79 Å². The number of hydrogen-bond donors (Lipinski definition) is 1. The Balaban J connectivity index is 1.69. The first-order valence-electron chi connectivity index (χ1n) is 8.04. The lowest BCUT2D eigenvalue weighted by atomic mass is 10.0. The number of aryl methyl sites for hydroxylation is 2. The van der Waals surface area contributed by atoms with Crippen molar-refractivity contribution >= 4 is 11.7 Å². The van der Waals surface area contributed by atoms with Crippen molar-refractivity contribution in [1.29, 1.82) is 0 Å². The Hall–Kier alpha value is -2.43. The molecule has 1 saturated heterocycles. The number of amides is 1. The molecule has 1 aliphatic heterocycles. The number of anilines is 1. The molecule has 1 aromatic heterocycles. The first kappa shape index (κ1) is 15.5. The Morgan fingerprint density at radius 2 is 2.04 bits per heavy atom. The number of rotatable bonds is 3. The van der Waals surface area contributed by atoms with Gasteiger partial charge in [-0.2, -0.15) is 0 Å². The van der Waals surface area contributed by atoms with E-state index in [1.807, 2.05) is 49.1 Å². The van der Waals surface area contributed by atoms with Crippen LogP contribution in [0.1, 0.15) is 34.6 Å². The average Bonchev–Trinajstić information content (AvgIpc) is 2.58. The highest BCUT2D eigenvalue weighted by Crippen LogP contribution is 2.18. The second-order valence-electron chi connectivity index (χ2n) is 6.05. The minimum Gasteiger partial charge on any atom is -0.364 e. The molecule has 5 nitrogen and oxygen atoms in total. The van der Waals surface area contributed by atoms with Crippen LogP contribution in [0.15, 0.2) is 36.5 Å². The summed E-state index contributed by atoms with van der Waals surface area (Å²) in [6, 6.07) is 9.69. The molecule has 1 N–H and O–H groups in total. The summed E-state index contributed by atoms with van der Waals surface area (Å²) < 4.78 is 0. The normalized spacial score (nSPS) is 17.8. The van der Waals surface area contributed by atoms with Gasteiger partial charge in [0.05, 0.1) is 11.4 Å². The monoisotopic (exact) mass is 310 g/mol. The van der Waals surface area contributed by atoms with Gasteiger partial charge >= 0.3 is 0 Å². The van der Waals surface area contributed by atoms with Gasteiger partial charge < -0.3 is 10.2 Å². The van der Waals surface area contributed by atoms with Crippen LogP contribution in [-0.4, -0.2) is 39.9 Å². The van der Waals surface area contributed by atoms with Gasteiger partial charge in [-0.3, -0.25) is 9.78 Å². The van der Waals surface area contributed by atoms with E-state index in [0.717, 1.165) is 42.2 Å². The van der Waals surface area contributed by atoms with Crippen LogP contribution in [-0.2, 0) is 0 Å². The molecule has 5 heteroatoms. The van der Waals surface area contributed by atoms with E-state index < -0.39 is 0 Å². The molecular formula is C18H22N4O. The minimum atomic E-state index is 0.101. The largest absolute Gasteiger partial charge is 0.364 e. The second-order valence-corrected chi connectivity index (χ2v) is 6.05. The van der Waals surface area contributed by atoms with Crippen molar-refractivity contribution in [2.45, 2.75) is 32.7 Å². The highest BCUT2D eigenvalue weighted by molar-refractivity contribution is 5.94. The van der Waals surface area contributed by atoms with Crippen molar-refractivity contribution in [2.24, 2.45) is 0 Å². The number of hydrogen-bond acceptors (Lipinski definition) is 4. The molecule has 1 fully saturated rings. The molecule has 120 valence electrons. The topological polar surface area (TPSA) is 58.1 Å². The predicted molar refractivity (Wildman–Crippen MR) is 90.5 cm³/mol. The van der Waals surface area contributed by atoms with Crippen LogP contribution in [0.25, 0.3) is 0 Å². The van der Waals surface area contributed by atoms with Crippen LogP contribution in [0.3, 0.4) is 0 Å². The van der Waals surface area contributed by atoms with Gasteiger partial charge in [-0.15, -0.1) is 0 Å². The lowest BCUT2D eigenvalue weighted by molar-refractivity contribution is 0.0714. The van der Waals surface area contributed by atoms with Crippen molar-refractivity contribution < 1.29 is 4.79 Å². The van der Waals surface area contributed by atoms with Crippen LogP contribution in [0.5, 0.6) is 0 Å². The number of nitrogens with one attached hydrogen (secondary N) is 1. The first-order chi connectivity index (χ1) is 11.1. The SMILES string of the molecule is Cc1cnc(C)c(NC2CCCN(C(=O)c3ccccc3)C2)n1. The maximum absolute atomic E-state index is 12.6. The summed E-state index contributed by atoms with van der Waals surface area (Å²) in [6.45, 7) is 5.39. The van der Waals surface area contributed by atoms with Crippen LogP contribution in [0.2, 0.25) is 0 Å². The third-order valence-corrected chi connectivity index (χ3v) is 4.15. The van der Waals surface area contributed by atoms with E-state index in [1.54, 1.807) is 6.20 Å². The van der Waals surface area contributed by atoms with Crippen molar-refractivity contribution in [3.63, 3.8) is 0 Å². The van der Waals surface area contributed by atoms with Crippen molar-refractivity contribution in [3.05, 3.63) is 53.5 Å². The number of carbonyl (C=O) groups excluding carboxylic acids is 1. The molecule has 2 heterocycles. The predicted octanol–water partition coefficient (Wildman–Crippen LogP) is 2.81. The van der Waals surface area contributed by atoms with E-state index in [1.165, 1.54) is 0 Å². The van der Waals surface area contributed by atoms with E-state index in [4.69, 9.17) is 0 Å². The van der Waals surface area contributed by atoms with Gasteiger partial charge in [0.25, 0.3) is 5.91 Å². The summed E-state index contributed by atoms with van der Waals surface area (Å²) in [5, 5.41) is 3.46. The molecule has 1 unspecified atom stereocenters. The van der Waals surface area contributed by atoms with Crippen LogP contribution < -0.4 is 5.32 Å². The number of benzene rings is 1. The summed E-state index contributed by atoms with van der Waals surface area (Å²) in [4.78, 5) is 23.4. The van der Waals surface area contributed by atoms with Gasteiger partial charge in [-0.1, -0.05) is 18.2 Å². The Labute approximate surface area is 136 Å². The van der Waals surface area contributed by atoms with Gasteiger partial charge in [0.2, 0.25) is 0 Å². The third kappa shape index (κ3) is 3.67. The molecular weight excluding hydrogens is 288 g/mol. The zero-order valence-corrected chi connectivity index (χ0v) is 13.6. The smallest absolute Gasteiger partial charge is 0.253 e. The number of carbonyl (C=O) groups is 1. The molecule has 0 bridgehead atoms. The molecule has 23 heavy (non-hydrogen) atoms. The van der Waals surface area contributed by atoms with Gasteiger partial charge in [0.15, 0.2) is 0 Å². The summed E-state index contributed by atoms with van der Waals surface area (Å²) >= 11 is 0. The average molecular weight is 310 g/mol. The van der Waals surface area contributed by atoms with Gasteiger partial charge in [-0.05, 0) is 38.8 Å². The summed E-state index contributed by atoms with van der Waals surface area (Å²) in [7, 11) is 0. The quantitative estimate of drug-likeness (QED) is 0.947. The Kier molecular flexibility index (Phi) is 4.55. The van der Waals surface area contributed by atoms with Crippen molar-refractivity contribution in [1.82, 2.24) is 14.9 Å². The van der Waals surface area contributed by atoms with E-state index in [-0.39, 0.29) is 11.9 Å². The number of likely N-dealkylation sites (tertiary alicyclic amines) is 1. The highest BCUT2D eigenvalue weighted by atomic mass is 16.2. The number of aromatic nitrogens is 2. The molecule has 0 radical (unpaired) electrons. The maximum Gasteiger partial charge on any atom is 0.253 e. The molecule has 1 aromatic carbocycles. The van der Waals surface area contributed by atoms with Crippen LogP contribution in [0, 0.1) is 13.8 Å². The molecule has 0 spiro atoms. The van der Waals surface area contributed by atoms with Crippen LogP contribution >= 0.6 is 0 Å². The molecule has 1 amide bonds. The van der Waals surface area contributed by atoms with Gasteiger partial charge in [-0.25, -0.2) is 4.98 Å². The maximum atomic E-state index is 12.6.